The summed E-state index contributed by atoms with van der Waals surface area (Å²) in [6.45, 7) is 7.24. The number of hydrogen-bond acceptors (Lipinski definition) is 7. The van der Waals surface area contributed by atoms with Gasteiger partial charge in [0.15, 0.2) is 9.84 Å². The molecule has 0 aromatic carbocycles. The predicted molar refractivity (Wildman–Crippen MR) is 101 cm³/mol. The Morgan fingerprint density at radius 2 is 1.88 bits per heavy atom. The van der Waals surface area contributed by atoms with Crippen molar-refractivity contribution in [3.05, 3.63) is 10.4 Å². The lowest BCUT2D eigenvalue weighted by Crippen LogP contribution is -2.24. The molecule has 0 aromatic rings. The smallest absolute Gasteiger partial charge is 0.306 e. The summed E-state index contributed by atoms with van der Waals surface area (Å²) in [4.78, 5) is 14.4. The Hall–Kier alpha value is -1.08. The van der Waals surface area contributed by atoms with E-state index in [1.54, 1.807) is 20.8 Å². The molecule has 0 fully saturated rings. The molecule has 0 aliphatic heterocycles. The first-order chi connectivity index (χ1) is 11.9. The van der Waals surface area contributed by atoms with E-state index in [0.29, 0.717) is 6.42 Å². The molecule has 9 nitrogen and oxygen atoms in total. The molecular weight excluding hydrogens is 381 g/mol. The van der Waals surface area contributed by atoms with E-state index < -0.39 is 28.8 Å². The van der Waals surface area contributed by atoms with Gasteiger partial charge >= 0.3 is 5.97 Å². The summed E-state index contributed by atoms with van der Waals surface area (Å²) in [7, 11) is -6.81. The second-order valence-electron chi connectivity index (χ2n) is 6.89. The normalized spacial score (nSPS) is 14.3. The molecule has 0 spiro atoms. The molecule has 0 N–H and O–H groups in total. The molecule has 0 aliphatic rings. The Bertz CT molecular complexity index is 638. The largest absolute Gasteiger partial charge is 0.460 e. The number of carbonyl (C=O) groups is 1. The number of sulfone groups is 1. The summed E-state index contributed by atoms with van der Waals surface area (Å²) >= 11 is 0. The zero-order valence-corrected chi connectivity index (χ0v) is 17.7. The Balaban J connectivity index is 4.82. The van der Waals surface area contributed by atoms with Gasteiger partial charge in [0.25, 0.3) is 0 Å². The summed E-state index contributed by atoms with van der Waals surface area (Å²) in [6.07, 6.45) is 1.21. The fourth-order valence-corrected chi connectivity index (χ4v) is 6.13. The van der Waals surface area contributed by atoms with Gasteiger partial charge in [0, 0.05) is 23.8 Å². The SMILES string of the molecule is CCCCOP(=O)(CCC(=O)OC(C)(C)C)CCS(=O)(=O)CCN=[N+]=[N-]. The fourth-order valence-electron chi connectivity index (χ4n) is 1.88. The zero-order valence-electron chi connectivity index (χ0n) is 16.0. The van der Waals surface area contributed by atoms with Crippen molar-refractivity contribution in [1.82, 2.24) is 0 Å². The first kappa shape index (κ1) is 24.9. The van der Waals surface area contributed by atoms with E-state index in [9.17, 15) is 17.8 Å². The van der Waals surface area contributed by atoms with Gasteiger partial charge in [-0.2, -0.15) is 0 Å². The van der Waals surface area contributed by atoms with Crippen LogP contribution in [0.15, 0.2) is 5.11 Å². The van der Waals surface area contributed by atoms with Crippen molar-refractivity contribution in [2.45, 2.75) is 52.6 Å². The highest BCUT2D eigenvalue weighted by Gasteiger charge is 2.28. The Kier molecular flexibility index (Phi) is 11.1. The van der Waals surface area contributed by atoms with Crippen molar-refractivity contribution in [1.29, 1.82) is 0 Å². The van der Waals surface area contributed by atoms with E-state index in [4.69, 9.17) is 14.8 Å². The van der Waals surface area contributed by atoms with Crippen molar-refractivity contribution >= 4 is 23.2 Å². The van der Waals surface area contributed by atoms with Crippen molar-refractivity contribution in [2.75, 3.05) is 37.0 Å². The molecule has 0 amide bonds. The van der Waals surface area contributed by atoms with Crippen molar-refractivity contribution in [3.8, 4) is 0 Å². The fraction of sp³-hybridized carbons (Fsp3) is 0.933. The van der Waals surface area contributed by atoms with E-state index in [1.165, 1.54) is 0 Å². The highest BCUT2D eigenvalue weighted by molar-refractivity contribution is 7.91. The van der Waals surface area contributed by atoms with Crippen LogP contribution in [0.4, 0.5) is 0 Å². The maximum atomic E-state index is 13.0. The van der Waals surface area contributed by atoms with Crippen LogP contribution in [0.5, 0.6) is 0 Å². The molecule has 0 heterocycles. The minimum atomic E-state index is -3.52. The van der Waals surface area contributed by atoms with E-state index in [0.717, 1.165) is 6.42 Å². The van der Waals surface area contributed by atoms with Gasteiger partial charge < -0.3 is 9.26 Å². The quantitative estimate of drug-likeness (QED) is 0.114. The van der Waals surface area contributed by atoms with Crippen molar-refractivity contribution in [2.24, 2.45) is 5.11 Å². The molecule has 0 aliphatic carbocycles. The second-order valence-corrected chi connectivity index (χ2v) is 12.0. The molecule has 0 aromatic heterocycles. The topological polar surface area (TPSA) is 136 Å². The highest BCUT2D eigenvalue weighted by Crippen LogP contribution is 2.47. The standard InChI is InChI=1S/C15H30N3O6PS/c1-5-6-9-23-25(20,10-7-14(19)24-15(2,3)4)11-13-26(21,22)12-8-17-18-16/h5-13H2,1-4H3. The number of carbonyl (C=O) groups excluding carboxylic acids is 1. The van der Waals surface area contributed by atoms with Crippen molar-refractivity contribution in [3.63, 3.8) is 0 Å². The monoisotopic (exact) mass is 411 g/mol. The van der Waals surface area contributed by atoms with E-state index in [1.807, 2.05) is 6.92 Å². The van der Waals surface area contributed by atoms with Gasteiger partial charge in [-0.25, -0.2) is 8.42 Å². The molecule has 0 rings (SSSR count). The minimum absolute atomic E-state index is 0.0580. The average Bonchev–Trinajstić information content (AvgIpc) is 2.50. The third kappa shape index (κ3) is 13.2. The minimum Gasteiger partial charge on any atom is -0.460 e. The number of azide groups is 1. The van der Waals surface area contributed by atoms with Gasteiger partial charge in [-0.3, -0.25) is 9.36 Å². The molecule has 0 bridgehead atoms. The molecule has 0 saturated carbocycles. The van der Waals surface area contributed by atoms with Gasteiger partial charge in [0.05, 0.1) is 24.5 Å². The van der Waals surface area contributed by atoms with Crippen LogP contribution in [0.2, 0.25) is 0 Å². The lowest BCUT2D eigenvalue weighted by atomic mass is 10.2. The predicted octanol–water partition coefficient (Wildman–Crippen LogP) is 3.54. The summed E-state index contributed by atoms with van der Waals surface area (Å²) in [5.41, 5.74) is 7.56. The number of hydrogen-bond donors (Lipinski definition) is 0. The summed E-state index contributed by atoms with van der Waals surface area (Å²) in [6, 6.07) is 0. The van der Waals surface area contributed by atoms with Gasteiger partial charge in [-0.1, -0.05) is 18.5 Å². The van der Waals surface area contributed by atoms with Crippen LogP contribution in [0.3, 0.4) is 0 Å². The highest BCUT2D eigenvalue weighted by atomic mass is 32.2. The maximum absolute atomic E-state index is 13.0. The van der Waals surface area contributed by atoms with Crippen LogP contribution in [-0.2, 0) is 28.5 Å². The summed E-state index contributed by atoms with van der Waals surface area (Å²) in [5.74, 6) is -1.15. The van der Waals surface area contributed by atoms with Gasteiger partial charge in [-0.05, 0) is 32.7 Å². The first-order valence-corrected chi connectivity index (χ1v) is 12.4. The molecule has 1 atom stereocenters. The Morgan fingerprint density at radius 1 is 1.23 bits per heavy atom. The third-order valence-electron chi connectivity index (χ3n) is 3.21. The summed E-state index contributed by atoms with van der Waals surface area (Å²) < 4.78 is 47.5. The zero-order chi connectivity index (χ0) is 20.3. The molecule has 0 radical (unpaired) electrons. The number of unbranched alkanes of at least 4 members (excludes halogenated alkanes) is 1. The number of nitrogens with zero attached hydrogens (tertiary/aromatic N) is 3. The summed E-state index contributed by atoms with van der Waals surface area (Å²) in [5, 5.41) is 3.20. The number of esters is 1. The second kappa shape index (κ2) is 11.6. The molecule has 26 heavy (non-hydrogen) atoms. The molecule has 1 unspecified atom stereocenters. The van der Waals surface area contributed by atoms with Crippen LogP contribution < -0.4 is 0 Å². The van der Waals surface area contributed by atoms with Gasteiger partial charge in [0.1, 0.15) is 5.60 Å². The molecule has 11 heteroatoms. The molecular formula is C15H30N3O6PS. The van der Waals surface area contributed by atoms with E-state index >= 15 is 0 Å². The lowest BCUT2D eigenvalue weighted by molar-refractivity contribution is -0.154. The van der Waals surface area contributed by atoms with E-state index in [-0.39, 0.29) is 43.4 Å². The van der Waals surface area contributed by atoms with Crippen LogP contribution in [0, 0.1) is 0 Å². The van der Waals surface area contributed by atoms with Gasteiger partial charge in [-0.15, -0.1) is 0 Å². The van der Waals surface area contributed by atoms with Crippen LogP contribution in [0.25, 0.3) is 10.4 Å². The van der Waals surface area contributed by atoms with Crippen LogP contribution in [0.1, 0.15) is 47.0 Å². The van der Waals surface area contributed by atoms with Crippen LogP contribution >= 0.6 is 7.37 Å². The first-order valence-electron chi connectivity index (χ1n) is 8.59. The van der Waals surface area contributed by atoms with Gasteiger partial charge in [0.2, 0.25) is 7.37 Å². The third-order valence-corrected chi connectivity index (χ3v) is 7.61. The Morgan fingerprint density at radius 3 is 2.42 bits per heavy atom. The molecule has 0 saturated heterocycles. The number of rotatable bonds is 13. The van der Waals surface area contributed by atoms with Crippen molar-refractivity contribution < 1.29 is 27.0 Å². The maximum Gasteiger partial charge on any atom is 0.306 e. The lowest BCUT2D eigenvalue weighted by Gasteiger charge is -2.22. The Labute approximate surface area is 155 Å². The average molecular weight is 411 g/mol. The van der Waals surface area contributed by atoms with Crippen LogP contribution in [-0.4, -0.2) is 57.0 Å². The number of ether oxygens (including phenoxy) is 1. The van der Waals surface area contributed by atoms with E-state index in [2.05, 4.69) is 10.0 Å². The molecule has 152 valence electrons.